The van der Waals surface area contributed by atoms with Gasteiger partial charge in [-0.1, -0.05) is 17.8 Å². The number of hydrogen-bond donors (Lipinski definition) is 1. The van der Waals surface area contributed by atoms with Gasteiger partial charge in [-0.25, -0.2) is 9.97 Å². The summed E-state index contributed by atoms with van der Waals surface area (Å²) in [5, 5.41) is 3.36. The van der Waals surface area contributed by atoms with Crippen LogP contribution in [0.4, 0.5) is 5.82 Å². The van der Waals surface area contributed by atoms with Gasteiger partial charge in [-0.2, -0.15) is 0 Å². The third-order valence-electron chi connectivity index (χ3n) is 2.34. The minimum atomic E-state index is -0.229. The van der Waals surface area contributed by atoms with Gasteiger partial charge < -0.3 is 9.88 Å². The van der Waals surface area contributed by atoms with Gasteiger partial charge >= 0.3 is 0 Å². The van der Waals surface area contributed by atoms with Gasteiger partial charge in [0.15, 0.2) is 5.16 Å². The summed E-state index contributed by atoms with van der Waals surface area (Å²) >= 11 is 1.42. The van der Waals surface area contributed by atoms with E-state index in [2.05, 4.69) is 15.3 Å². The molecule has 0 saturated carbocycles. The highest BCUT2D eigenvalue weighted by Gasteiger charge is 2.16. The molecule has 1 amide bonds. The van der Waals surface area contributed by atoms with Gasteiger partial charge in [0, 0.05) is 25.6 Å². The number of imidazole rings is 1. The van der Waals surface area contributed by atoms with Gasteiger partial charge in [0.2, 0.25) is 5.91 Å². The summed E-state index contributed by atoms with van der Waals surface area (Å²) < 4.78 is 1.88. The van der Waals surface area contributed by atoms with Crippen molar-refractivity contribution in [2.24, 2.45) is 7.05 Å². The number of rotatable bonds is 4. The average molecular weight is 262 g/mol. The van der Waals surface area contributed by atoms with E-state index in [0.29, 0.717) is 5.82 Å². The summed E-state index contributed by atoms with van der Waals surface area (Å²) in [6.45, 7) is 1.84. The third kappa shape index (κ3) is 3.10. The van der Waals surface area contributed by atoms with Crippen LogP contribution in [0.15, 0.2) is 41.9 Å². The summed E-state index contributed by atoms with van der Waals surface area (Å²) in [7, 11) is 1.90. The smallest absolute Gasteiger partial charge is 0.238 e. The van der Waals surface area contributed by atoms with E-state index in [9.17, 15) is 4.79 Å². The van der Waals surface area contributed by atoms with Gasteiger partial charge in [0.25, 0.3) is 0 Å². The van der Waals surface area contributed by atoms with Crippen LogP contribution < -0.4 is 5.32 Å². The predicted octanol–water partition coefficient (Wildman–Crippen LogP) is 1.93. The molecule has 6 heteroatoms. The zero-order chi connectivity index (χ0) is 13.0. The van der Waals surface area contributed by atoms with Crippen molar-refractivity contribution >= 4 is 23.5 Å². The van der Waals surface area contributed by atoms with Crippen molar-refractivity contribution in [1.82, 2.24) is 14.5 Å². The minimum absolute atomic E-state index is 0.0818. The number of carbonyl (C=O) groups excluding carboxylic acids is 1. The van der Waals surface area contributed by atoms with Gasteiger partial charge in [-0.3, -0.25) is 4.79 Å². The van der Waals surface area contributed by atoms with E-state index in [-0.39, 0.29) is 11.2 Å². The normalized spacial score (nSPS) is 12.1. The summed E-state index contributed by atoms with van der Waals surface area (Å²) in [6, 6.07) is 5.40. The molecule has 94 valence electrons. The van der Waals surface area contributed by atoms with Crippen LogP contribution in [0.1, 0.15) is 6.92 Å². The Morgan fingerprint density at radius 2 is 2.22 bits per heavy atom. The van der Waals surface area contributed by atoms with Gasteiger partial charge in [-0.15, -0.1) is 0 Å². The highest BCUT2D eigenvalue weighted by molar-refractivity contribution is 8.00. The summed E-state index contributed by atoms with van der Waals surface area (Å²) in [5.41, 5.74) is 0. The Hall–Kier alpha value is -1.82. The number of thioether (sulfide) groups is 1. The summed E-state index contributed by atoms with van der Waals surface area (Å²) in [6.07, 6.45) is 5.21. The van der Waals surface area contributed by atoms with Crippen molar-refractivity contribution in [3.63, 3.8) is 0 Å². The minimum Gasteiger partial charge on any atom is -0.329 e. The lowest BCUT2D eigenvalue weighted by molar-refractivity contribution is -0.115. The zero-order valence-electron chi connectivity index (χ0n) is 10.2. The van der Waals surface area contributed by atoms with Crippen LogP contribution in [0.25, 0.3) is 0 Å². The fourth-order valence-corrected chi connectivity index (χ4v) is 2.17. The Labute approximate surface area is 110 Å². The molecule has 2 rings (SSSR count). The van der Waals surface area contributed by atoms with Crippen LogP contribution in [-0.2, 0) is 11.8 Å². The van der Waals surface area contributed by atoms with Gasteiger partial charge in [-0.05, 0) is 19.1 Å². The Bertz CT molecular complexity index is 526. The number of pyridine rings is 1. The largest absolute Gasteiger partial charge is 0.329 e. The fraction of sp³-hybridized carbons (Fsp3) is 0.250. The van der Waals surface area contributed by atoms with Crippen LogP contribution in [0.3, 0.4) is 0 Å². The van der Waals surface area contributed by atoms with E-state index in [1.54, 1.807) is 18.5 Å². The molecule has 2 aromatic heterocycles. The molecule has 0 spiro atoms. The molecule has 0 bridgehead atoms. The molecule has 5 nitrogen and oxygen atoms in total. The quantitative estimate of drug-likeness (QED) is 0.855. The number of carbonyl (C=O) groups is 1. The van der Waals surface area contributed by atoms with E-state index < -0.39 is 0 Å². The van der Waals surface area contributed by atoms with Crippen molar-refractivity contribution in [1.29, 1.82) is 0 Å². The summed E-state index contributed by atoms with van der Waals surface area (Å²) in [4.78, 5) is 20.2. The molecule has 1 unspecified atom stereocenters. The number of anilines is 1. The number of amides is 1. The van der Waals surface area contributed by atoms with Crippen LogP contribution in [0.5, 0.6) is 0 Å². The fourth-order valence-electron chi connectivity index (χ4n) is 1.34. The SMILES string of the molecule is CC(Sc1nccn1C)C(=O)Nc1ccccn1. The first-order valence-electron chi connectivity index (χ1n) is 5.52. The average Bonchev–Trinajstić information content (AvgIpc) is 2.76. The maximum Gasteiger partial charge on any atom is 0.238 e. The Morgan fingerprint density at radius 3 is 2.83 bits per heavy atom. The van der Waals surface area contributed by atoms with Crippen LogP contribution in [0.2, 0.25) is 0 Å². The van der Waals surface area contributed by atoms with Gasteiger partial charge in [0.1, 0.15) is 5.82 Å². The van der Waals surface area contributed by atoms with Crippen molar-refractivity contribution in [3.05, 3.63) is 36.8 Å². The van der Waals surface area contributed by atoms with Crippen LogP contribution >= 0.6 is 11.8 Å². The first kappa shape index (κ1) is 12.6. The third-order valence-corrected chi connectivity index (χ3v) is 3.52. The molecule has 2 aromatic rings. The predicted molar refractivity (Wildman–Crippen MR) is 71.4 cm³/mol. The first-order valence-corrected chi connectivity index (χ1v) is 6.40. The van der Waals surface area contributed by atoms with E-state index in [0.717, 1.165) is 5.16 Å². The second-order valence-electron chi connectivity index (χ2n) is 3.79. The van der Waals surface area contributed by atoms with Gasteiger partial charge in [0.05, 0.1) is 5.25 Å². The molecule has 0 aliphatic rings. The maximum atomic E-state index is 11.9. The first-order chi connectivity index (χ1) is 8.66. The van der Waals surface area contributed by atoms with Crippen LogP contribution in [0, 0.1) is 0 Å². The van der Waals surface area contributed by atoms with Crippen molar-refractivity contribution in [2.45, 2.75) is 17.3 Å². The van der Waals surface area contributed by atoms with Crippen LogP contribution in [-0.4, -0.2) is 25.7 Å². The standard InChI is InChI=1S/C12H14N4OS/c1-9(18-12-14-7-8-16(12)2)11(17)15-10-5-3-4-6-13-10/h3-9H,1-2H3,(H,13,15,17). The second kappa shape index (κ2) is 5.68. The number of aromatic nitrogens is 3. The molecule has 1 atom stereocenters. The highest BCUT2D eigenvalue weighted by Crippen LogP contribution is 2.21. The molecule has 0 aromatic carbocycles. The van der Waals surface area contributed by atoms with Crippen molar-refractivity contribution < 1.29 is 4.79 Å². The molecule has 0 aliphatic heterocycles. The lowest BCUT2D eigenvalue weighted by atomic mass is 10.4. The molecule has 1 N–H and O–H groups in total. The monoisotopic (exact) mass is 262 g/mol. The van der Waals surface area contributed by atoms with E-state index in [1.165, 1.54) is 11.8 Å². The second-order valence-corrected chi connectivity index (χ2v) is 5.09. The number of nitrogens with one attached hydrogen (secondary N) is 1. The zero-order valence-corrected chi connectivity index (χ0v) is 11.0. The van der Waals surface area contributed by atoms with E-state index >= 15 is 0 Å². The molecule has 0 aliphatic carbocycles. The molecular weight excluding hydrogens is 248 g/mol. The Morgan fingerprint density at radius 1 is 1.39 bits per heavy atom. The lowest BCUT2D eigenvalue weighted by Gasteiger charge is -2.10. The summed E-state index contributed by atoms with van der Waals surface area (Å²) in [5.74, 6) is 0.483. The molecule has 0 saturated heterocycles. The Balaban J connectivity index is 1.95. The van der Waals surface area contributed by atoms with Crippen molar-refractivity contribution in [2.75, 3.05) is 5.32 Å². The van der Waals surface area contributed by atoms with Crippen molar-refractivity contribution in [3.8, 4) is 0 Å². The highest BCUT2D eigenvalue weighted by atomic mass is 32.2. The topological polar surface area (TPSA) is 59.8 Å². The number of nitrogens with zero attached hydrogens (tertiary/aromatic N) is 3. The number of hydrogen-bond acceptors (Lipinski definition) is 4. The maximum absolute atomic E-state index is 11.9. The molecular formula is C12H14N4OS. The molecule has 18 heavy (non-hydrogen) atoms. The molecule has 0 fully saturated rings. The van der Waals surface area contributed by atoms with E-state index in [4.69, 9.17) is 0 Å². The Kier molecular flexibility index (Phi) is 3.99. The van der Waals surface area contributed by atoms with E-state index in [1.807, 2.05) is 36.9 Å². The lowest BCUT2D eigenvalue weighted by Crippen LogP contribution is -2.23. The number of aryl methyl sites for hydroxylation is 1. The molecule has 0 radical (unpaired) electrons. The molecule has 2 heterocycles.